The third kappa shape index (κ3) is 7.03. The van der Waals surface area contributed by atoms with Gasteiger partial charge in [0, 0.05) is 35.5 Å². The van der Waals surface area contributed by atoms with Crippen LogP contribution >= 0.6 is 0 Å². The molecular formula is C33H40N6O4. The predicted octanol–water partition coefficient (Wildman–Crippen LogP) is 3.33. The Labute approximate surface area is 251 Å². The van der Waals surface area contributed by atoms with Crippen molar-refractivity contribution in [3.63, 3.8) is 0 Å². The minimum Gasteiger partial charge on any atom is -0.507 e. The van der Waals surface area contributed by atoms with E-state index >= 15 is 0 Å². The van der Waals surface area contributed by atoms with Crippen LogP contribution in [0.3, 0.4) is 0 Å². The van der Waals surface area contributed by atoms with Crippen LogP contribution in [0.5, 0.6) is 5.75 Å². The van der Waals surface area contributed by atoms with E-state index < -0.39 is 0 Å². The van der Waals surface area contributed by atoms with Gasteiger partial charge in [0.15, 0.2) is 5.78 Å². The lowest BCUT2D eigenvalue weighted by molar-refractivity contribution is 0.0882. The average Bonchev–Trinajstić information content (AvgIpc) is 3.21. The smallest absolute Gasteiger partial charge is 0.251 e. The van der Waals surface area contributed by atoms with Gasteiger partial charge in [0.25, 0.3) is 11.8 Å². The topological polar surface area (TPSA) is 158 Å². The molecule has 0 aliphatic carbocycles. The number of aromatic hydroxyl groups is 1. The van der Waals surface area contributed by atoms with E-state index in [1.165, 1.54) is 12.3 Å². The number of pyridine rings is 1. The van der Waals surface area contributed by atoms with Crippen LogP contribution in [0.4, 0.5) is 5.82 Å². The summed E-state index contributed by atoms with van der Waals surface area (Å²) in [4.78, 5) is 43.5. The second-order valence-corrected chi connectivity index (χ2v) is 12.1. The number of anilines is 1. The van der Waals surface area contributed by atoms with Crippen molar-refractivity contribution in [1.29, 1.82) is 0 Å². The summed E-state index contributed by atoms with van der Waals surface area (Å²) in [5.74, 6) is -0.719. The van der Waals surface area contributed by atoms with Crippen LogP contribution in [-0.2, 0) is 0 Å². The molecule has 10 heteroatoms. The Bertz CT molecular complexity index is 1490. The first-order valence-electron chi connectivity index (χ1n) is 14.9. The molecule has 2 aliphatic heterocycles. The zero-order chi connectivity index (χ0) is 30.6. The number of phenolic OH excluding ortho intramolecular Hbond substituents is 1. The predicted molar refractivity (Wildman–Crippen MR) is 165 cm³/mol. The molecule has 7 N–H and O–H groups in total. The fourth-order valence-electron chi connectivity index (χ4n) is 6.09. The number of piperidine rings is 1. The highest BCUT2D eigenvalue weighted by Crippen LogP contribution is 2.41. The molecule has 0 radical (unpaired) electrons. The van der Waals surface area contributed by atoms with E-state index in [2.05, 4.69) is 40.1 Å². The van der Waals surface area contributed by atoms with Gasteiger partial charge in [-0.25, -0.2) is 4.98 Å². The molecule has 2 amide bonds. The Kier molecular flexibility index (Phi) is 9.08. The lowest BCUT2D eigenvalue weighted by atomic mass is 9.74. The first kappa shape index (κ1) is 30.2. The van der Waals surface area contributed by atoms with Crippen molar-refractivity contribution < 1.29 is 19.5 Å². The number of aromatic nitrogens is 1. The van der Waals surface area contributed by atoms with Crippen LogP contribution in [0.1, 0.15) is 87.8 Å². The molecule has 5 rings (SSSR count). The highest BCUT2D eigenvalue weighted by molar-refractivity contribution is 6.11. The van der Waals surface area contributed by atoms with Gasteiger partial charge in [-0.1, -0.05) is 32.0 Å². The van der Waals surface area contributed by atoms with Crippen LogP contribution in [0.2, 0.25) is 0 Å². The van der Waals surface area contributed by atoms with Crippen LogP contribution in [0.25, 0.3) is 0 Å². The van der Waals surface area contributed by atoms with E-state index in [9.17, 15) is 19.5 Å². The summed E-state index contributed by atoms with van der Waals surface area (Å²) in [6, 6.07) is 14.2. The molecule has 3 aromatic rings. The number of nitrogens with two attached hydrogens (primary N) is 1. The van der Waals surface area contributed by atoms with E-state index in [4.69, 9.17) is 5.73 Å². The van der Waals surface area contributed by atoms with Gasteiger partial charge in [-0.05, 0) is 86.1 Å². The Morgan fingerprint density at radius 1 is 0.907 bits per heavy atom. The quantitative estimate of drug-likeness (QED) is 0.231. The van der Waals surface area contributed by atoms with Gasteiger partial charge in [-0.2, -0.15) is 0 Å². The summed E-state index contributed by atoms with van der Waals surface area (Å²) in [7, 11) is 0. The monoisotopic (exact) mass is 584 g/mol. The Balaban J connectivity index is 1.28. The second-order valence-electron chi connectivity index (χ2n) is 12.1. The molecule has 0 bridgehead atoms. The number of rotatable bonds is 7. The summed E-state index contributed by atoms with van der Waals surface area (Å²) < 4.78 is 0. The van der Waals surface area contributed by atoms with Gasteiger partial charge in [-0.15, -0.1) is 0 Å². The van der Waals surface area contributed by atoms with Crippen LogP contribution in [0.15, 0.2) is 60.8 Å². The van der Waals surface area contributed by atoms with Gasteiger partial charge in [0.1, 0.15) is 11.6 Å². The lowest BCUT2D eigenvalue weighted by Crippen LogP contribution is -2.54. The van der Waals surface area contributed by atoms with Crippen LogP contribution in [-0.4, -0.2) is 59.4 Å². The Morgan fingerprint density at radius 3 is 2.37 bits per heavy atom. The van der Waals surface area contributed by atoms with Crippen molar-refractivity contribution in [2.45, 2.75) is 57.7 Å². The van der Waals surface area contributed by atoms with E-state index in [1.54, 1.807) is 42.5 Å². The van der Waals surface area contributed by atoms with Crippen molar-refractivity contribution in [3.8, 4) is 5.75 Å². The maximum Gasteiger partial charge on any atom is 0.251 e. The molecule has 3 heterocycles. The minimum absolute atomic E-state index is 0.0206. The van der Waals surface area contributed by atoms with Gasteiger partial charge in [-0.3, -0.25) is 14.4 Å². The highest BCUT2D eigenvalue weighted by atomic mass is 16.3. The van der Waals surface area contributed by atoms with Crippen molar-refractivity contribution in [2.75, 3.05) is 25.4 Å². The fourth-order valence-corrected chi connectivity index (χ4v) is 6.09. The number of carbonyl (C=O) groups is 3. The molecule has 0 saturated carbocycles. The Morgan fingerprint density at radius 2 is 1.63 bits per heavy atom. The highest BCUT2D eigenvalue weighted by Gasteiger charge is 2.34. The minimum atomic E-state index is -0.340. The van der Waals surface area contributed by atoms with Gasteiger partial charge < -0.3 is 32.1 Å². The average molecular weight is 585 g/mol. The van der Waals surface area contributed by atoms with Crippen LogP contribution < -0.4 is 27.0 Å². The summed E-state index contributed by atoms with van der Waals surface area (Å²) in [5, 5.41) is 23.5. The number of nitrogens with zero attached hydrogens (tertiary/aromatic N) is 1. The first-order chi connectivity index (χ1) is 20.6. The Hall–Kier alpha value is -4.28. The number of amides is 2. The van der Waals surface area contributed by atoms with E-state index in [0.29, 0.717) is 29.7 Å². The number of hydrogen-bond acceptors (Lipinski definition) is 8. The van der Waals surface area contributed by atoms with E-state index in [1.807, 2.05) is 6.07 Å². The van der Waals surface area contributed by atoms with Crippen molar-refractivity contribution >= 4 is 23.4 Å². The molecule has 2 saturated heterocycles. The number of phenols is 1. The molecule has 10 nitrogen and oxygen atoms in total. The normalized spacial score (nSPS) is 21.8. The van der Waals surface area contributed by atoms with Gasteiger partial charge in [0.2, 0.25) is 0 Å². The first-order valence-corrected chi connectivity index (χ1v) is 14.9. The van der Waals surface area contributed by atoms with Crippen molar-refractivity contribution in [2.24, 2.45) is 5.41 Å². The molecule has 1 unspecified atom stereocenters. The molecule has 2 aliphatic rings. The molecule has 2 aromatic carbocycles. The lowest BCUT2D eigenvalue weighted by Gasteiger charge is -2.40. The van der Waals surface area contributed by atoms with Crippen molar-refractivity contribution in [1.82, 2.24) is 26.3 Å². The molecule has 0 spiro atoms. The van der Waals surface area contributed by atoms with Gasteiger partial charge in [0.05, 0.1) is 17.6 Å². The number of ketones is 1. The number of nitrogens with one attached hydrogen (secondary N) is 4. The summed E-state index contributed by atoms with van der Waals surface area (Å²) >= 11 is 0. The second kappa shape index (κ2) is 12.9. The SMILES string of the molecule is CC1(C)CCCNC1c1ccc(O)c(C(=O)c2ccc(C(=O)N[C@@H]3CCCNC[C@H]3NC(=O)c3ccnc(N)c3)cc2)c1. The van der Waals surface area contributed by atoms with Gasteiger partial charge >= 0.3 is 0 Å². The maximum atomic E-state index is 13.4. The third-order valence-electron chi connectivity index (χ3n) is 8.53. The molecule has 226 valence electrons. The third-order valence-corrected chi connectivity index (χ3v) is 8.53. The number of carbonyl (C=O) groups excluding carboxylic acids is 3. The summed E-state index contributed by atoms with van der Waals surface area (Å²) in [6.07, 6.45) is 5.17. The number of hydrogen-bond donors (Lipinski definition) is 6. The molecule has 1 aromatic heterocycles. The van der Waals surface area contributed by atoms with E-state index in [0.717, 1.165) is 37.9 Å². The fraction of sp³-hybridized carbons (Fsp3) is 0.394. The summed E-state index contributed by atoms with van der Waals surface area (Å²) in [6.45, 7) is 6.61. The van der Waals surface area contributed by atoms with Crippen molar-refractivity contribution in [3.05, 3.63) is 88.6 Å². The zero-order valence-electron chi connectivity index (χ0n) is 24.7. The largest absolute Gasteiger partial charge is 0.507 e. The molecule has 3 atom stereocenters. The standard InChI is InChI=1S/C33H40N6O4/c1-33(2)13-4-15-37-30(33)22-10-11-27(40)24(17-22)29(41)20-6-8-21(9-7-20)31(42)38-25-5-3-14-35-19-26(25)39-32(43)23-12-16-36-28(34)18-23/h6-12,16-18,25-26,30,35,37,40H,3-5,13-15,19H2,1-2H3,(H2,34,36)(H,38,42)(H,39,43)/t25-,26-,30?/m1/s1. The summed E-state index contributed by atoms with van der Waals surface area (Å²) in [5.41, 5.74) is 8.13. The molecular weight excluding hydrogens is 544 g/mol. The van der Waals surface area contributed by atoms with Crippen LogP contribution in [0, 0.1) is 5.41 Å². The molecule has 2 fully saturated rings. The molecule has 43 heavy (non-hydrogen) atoms. The number of benzene rings is 2. The number of nitrogen functional groups attached to an aromatic ring is 1. The zero-order valence-corrected chi connectivity index (χ0v) is 24.7. The van der Waals surface area contributed by atoms with E-state index in [-0.39, 0.29) is 58.3 Å². The maximum absolute atomic E-state index is 13.4.